The average Bonchev–Trinajstić information content (AvgIpc) is 3.20. The highest BCUT2D eigenvalue weighted by atomic mass is 32.3. The highest BCUT2D eigenvalue weighted by molar-refractivity contribution is 8.17. The van der Waals surface area contributed by atoms with E-state index < -0.39 is 20.9 Å². The maximum absolute atomic E-state index is 13.4. The normalized spacial score (nSPS) is 15.5. The van der Waals surface area contributed by atoms with Crippen molar-refractivity contribution in [2.24, 2.45) is 0 Å². The standard InChI is InChI=1S/C30H30N2O3S2/c1-5-32-29(21-14-23-12-16-25(17-13-23)31(3)4)36(35-37(33,34)26-18-10-22(2)11-19-26)28-20-15-24-8-6-7-9-27(24)30(28)32/h6-21H,5H2,1-4H3/b21-14+. The number of rotatable bonds is 7. The Kier molecular flexibility index (Phi) is 6.94. The topological polar surface area (TPSA) is 49.9 Å². The predicted molar refractivity (Wildman–Crippen MR) is 157 cm³/mol. The molecule has 0 radical (unpaired) electrons. The maximum atomic E-state index is 13.4. The van der Waals surface area contributed by atoms with Crippen LogP contribution >= 0.6 is 10.8 Å². The van der Waals surface area contributed by atoms with Crippen LogP contribution in [0.4, 0.5) is 11.4 Å². The summed E-state index contributed by atoms with van der Waals surface area (Å²) >= 11 is 0. The lowest BCUT2D eigenvalue weighted by atomic mass is 10.1. The summed E-state index contributed by atoms with van der Waals surface area (Å²) in [6.07, 6.45) is 4.02. The molecule has 1 atom stereocenters. The van der Waals surface area contributed by atoms with Gasteiger partial charge in [-0.2, -0.15) is 12.0 Å². The third-order valence-electron chi connectivity index (χ3n) is 6.40. The minimum atomic E-state index is -3.99. The number of anilines is 2. The number of aryl methyl sites for hydroxylation is 1. The third-order valence-corrected chi connectivity index (χ3v) is 9.98. The lowest BCUT2D eigenvalue weighted by Gasteiger charge is -2.21. The highest BCUT2D eigenvalue weighted by Gasteiger charge is 2.32. The highest BCUT2D eigenvalue weighted by Crippen LogP contribution is 2.49. The van der Waals surface area contributed by atoms with Gasteiger partial charge in [-0.3, -0.25) is 0 Å². The first-order valence-electron chi connectivity index (χ1n) is 12.2. The minimum Gasteiger partial charge on any atom is -0.378 e. The molecule has 5 nitrogen and oxygen atoms in total. The zero-order valence-corrected chi connectivity index (χ0v) is 23.0. The van der Waals surface area contributed by atoms with Crippen LogP contribution in [-0.2, 0) is 13.7 Å². The Hall–Kier alpha value is -3.39. The van der Waals surface area contributed by atoms with Gasteiger partial charge >= 0.3 is 10.1 Å². The first kappa shape index (κ1) is 25.3. The molecule has 0 aliphatic carbocycles. The summed E-state index contributed by atoms with van der Waals surface area (Å²) in [4.78, 5) is 6.09. The summed E-state index contributed by atoms with van der Waals surface area (Å²) in [7, 11) is -1.10. The third kappa shape index (κ3) is 4.94. The van der Waals surface area contributed by atoms with Crippen LogP contribution in [0.25, 0.3) is 16.8 Å². The molecule has 1 aliphatic rings. The molecule has 4 aromatic carbocycles. The Labute approximate surface area is 221 Å². The van der Waals surface area contributed by atoms with Gasteiger partial charge in [-0.15, -0.1) is 0 Å². The van der Waals surface area contributed by atoms with Gasteiger partial charge < -0.3 is 9.80 Å². The Morgan fingerprint density at radius 2 is 1.59 bits per heavy atom. The van der Waals surface area contributed by atoms with E-state index in [-0.39, 0.29) is 4.90 Å². The van der Waals surface area contributed by atoms with E-state index in [2.05, 4.69) is 53.1 Å². The molecule has 190 valence electrons. The average molecular weight is 531 g/mol. The van der Waals surface area contributed by atoms with E-state index in [0.29, 0.717) is 6.54 Å². The molecule has 1 unspecified atom stereocenters. The van der Waals surface area contributed by atoms with Crippen LogP contribution in [0.15, 0.2) is 101 Å². The predicted octanol–water partition coefficient (Wildman–Crippen LogP) is 6.85. The van der Waals surface area contributed by atoms with Gasteiger partial charge in [0.05, 0.1) is 20.5 Å². The molecule has 0 bridgehead atoms. The summed E-state index contributed by atoms with van der Waals surface area (Å²) in [5.41, 5.74) is 4.14. The van der Waals surface area contributed by atoms with Crippen molar-refractivity contribution in [3.8, 4) is 0 Å². The van der Waals surface area contributed by atoms with Crippen molar-refractivity contribution in [3.05, 3.63) is 102 Å². The van der Waals surface area contributed by atoms with E-state index in [9.17, 15) is 8.42 Å². The summed E-state index contributed by atoms with van der Waals surface area (Å²) in [5.74, 6) is 0. The van der Waals surface area contributed by atoms with Gasteiger partial charge in [-0.05, 0) is 61.2 Å². The van der Waals surface area contributed by atoms with Crippen molar-refractivity contribution in [3.63, 3.8) is 0 Å². The molecule has 0 fully saturated rings. The van der Waals surface area contributed by atoms with Crippen molar-refractivity contribution >= 4 is 54.1 Å². The molecule has 0 spiro atoms. The van der Waals surface area contributed by atoms with E-state index in [1.165, 1.54) is 0 Å². The van der Waals surface area contributed by atoms with Crippen molar-refractivity contribution in [1.82, 2.24) is 0 Å². The Balaban J connectivity index is 1.64. The van der Waals surface area contributed by atoms with E-state index in [1.807, 2.05) is 57.4 Å². The molecule has 0 saturated carbocycles. The SMILES string of the molecule is CCN1C(/C=C/c2ccc(N(C)C)cc2)=S(OS(=O)(=O)c2ccc(C)cc2)c2ccc3ccccc3c21. The molecule has 5 rings (SSSR count). The molecular weight excluding hydrogens is 500 g/mol. The second kappa shape index (κ2) is 10.2. The second-order valence-electron chi connectivity index (χ2n) is 9.14. The Bertz CT molecular complexity index is 1620. The second-order valence-corrected chi connectivity index (χ2v) is 12.5. The molecule has 1 heterocycles. The quantitative estimate of drug-likeness (QED) is 0.193. The summed E-state index contributed by atoms with van der Waals surface area (Å²) < 4.78 is 32.9. The van der Waals surface area contributed by atoms with Gasteiger partial charge in [0.1, 0.15) is 0 Å². The van der Waals surface area contributed by atoms with Crippen LogP contribution in [0.5, 0.6) is 0 Å². The number of fused-ring (bicyclic) bond motifs is 3. The largest absolute Gasteiger partial charge is 0.378 e. The van der Waals surface area contributed by atoms with E-state index in [4.69, 9.17) is 3.63 Å². The van der Waals surface area contributed by atoms with E-state index in [1.54, 1.807) is 24.3 Å². The van der Waals surface area contributed by atoms with Crippen molar-refractivity contribution in [2.45, 2.75) is 23.6 Å². The number of nitrogens with zero attached hydrogens (tertiary/aromatic N) is 2. The maximum Gasteiger partial charge on any atom is 0.307 e. The number of hydrogen-bond acceptors (Lipinski definition) is 5. The number of benzene rings is 4. The van der Waals surface area contributed by atoms with Crippen LogP contribution in [0.2, 0.25) is 0 Å². The zero-order chi connectivity index (χ0) is 26.2. The minimum absolute atomic E-state index is 0.158. The smallest absolute Gasteiger partial charge is 0.307 e. The molecule has 0 aromatic heterocycles. The molecule has 0 amide bonds. The van der Waals surface area contributed by atoms with Crippen LogP contribution in [0.1, 0.15) is 18.1 Å². The molecule has 4 aromatic rings. The summed E-state index contributed by atoms with van der Waals surface area (Å²) in [6.45, 7) is 4.68. The fourth-order valence-electron chi connectivity index (χ4n) is 4.41. The fourth-order valence-corrected chi connectivity index (χ4v) is 7.91. The van der Waals surface area contributed by atoms with Crippen LogP contribution in [0, 0.1) is 6.92 Å². The first-order valence-corrected chi connectivity index (χ1v) is 14.7. The lowest BCUT2D eigenvalue weighted by molar-refractivity contribution is 0.517. The number of likely N-dealkylation sites (N-methyl/N-ethyl adjacent to an activating group) is 1. The van der Waals surface area contributed by atoms with Crippen LogP contribution in [0.3, 0.4) is 0 Å². The van der Waals surface area contributed by atoms with E-state index >= 15 is 0 Å². The monoisotopic (exact) mass is 530 g/mol. The lowest BCUT2D eigenvalue weighted by Crippen LogP contribution is -2.26. The Morgan fingerprint density at radius 1 is 0.892 bits per heavy atom. The molecule has 37 heavy (non-hydrogen) atoms. The van der Waals surface area contributed by atoms with Gasteiger partial charge in [0.2, 0.25) is 0 Å². The first-order chi connectivity index (χ1) is 17.8. The van der Waals surface area contributed by atoms with Crippen molar-refractivity contribution in [2.75, 3.05) is 30.4 Å². The summed E-state index contributed by atoms with van der Waals surface area (Å²) in [6, 6.07) is 27.3. The van der Waals surface area contributed by atoms with Gasteiger partial charge in [0.25, 0.3) is 0 Å². The molecule has 1 aliphatic heterocycles. The fraction of sp³-hybridized carbons (Fsp3) is 0.167. The van der Waals surface area contributed by atoms with Gasteiger partial charge in [-0.1, -0.05) is 66.2 Å². The zero-order valence-electron chi connectivity index (χ0n) is 21.4. The molecule has 0 N–H and O–H groups in total. The molecular formula is C30H30N2O3S2. The molecule has 7 heteroatoms. The van der Waals surface area contributed by atoms with E-state index in [0.717, 1.165) is 43.2 Å². The Morgan fingerprint density at radius 3 is 2.27 bits per heavy atom. The van der Waals surface area contributed by atoms with Gasteiger partial charge in [0, 0.05) is 42.5 Å². The van der Waals surface area contributed by atoms with Crippen LogP contribution in [-0.4, -0.2) is 34.0 Å². The van der Waals surface area contributed by atoms with Crippen LogP contribution < -0.4 is 9.80 Å². The van der Waals surface area contributed by atoms with Gasteiger partial charge in [-0.25, -0.2) is 0 Å². The number of hydrogen-bond donors (Lipinski definition) is 0. The molecule has 0 saturated heterocycles. The van der Waals surface area contributed by atoms with Crippen molar-refractivity contribution < 1.29 is 12.0 Å². The summed E-state index contributed by atoms with van der Waals surface area (Å²) in [5, 5.41) is 2.18. The van der Waals surface area contributed by atoms with Gasteiger partial charge in [0.15, 0.2) is 0 Å². The van der Waals surface area contributed by atoms with Crippen molar-refractivity contribution in [1.29, 1.82) is 0 Å².